The zero-order valence-electron chi connectivity index (χ0n) is 16.1. The fraction of sp³-hybridized carbons (Fsp3) is 0.182. The molecule has 0 aliphatic rings. The maximum atomic E-state index is 12.3. The summed E-state index contributed by atoms with van der Waals surface area (Å²) in [4.78, 5) is 23.8. The zero-order valence-corrected chi connectivity index (χ0v) is 16.1. The molecule has 0 saturated heterocycles. The van der Waals surface area contributed by atoms with Crippen molar-refractivity contribution in [3.63, 3.8) is 0 Å². The standard InChI is InChI=1S/C22H22N4O2/c1-14(2)16-7-9-18(10-8-16)23-21-12-11-20(25-26-21)22(28)24-19-6-4-5-17(13-19)15(3)27/h4-14H,1-3H3,(H,23,26)(H,24,28). The molecule has 0 unspecified atom stereocenters. The summed E-state index contributed by atoms with van der Waals surface area (Å²) in [5, 5.41) is 13.9. The van der Waals surface area contributed by atoms with Gasteiger partial charge in [0.1, 0.15) is 0 Å². The molecule has 0 aliphatic carbocycles. The molecule has 2 N–H and O–H groups in total. The number of nitrogens with zero attached hydrogens (tertiary/aromatic N) is 2. The second kappa shape index (κ2) is 8.43. The lowest BCUT2D eigenvalue weighted by atomic mass is 10.0. The number of ketones is 1. The molecule has 0 aliphatic heterocycles. The maximum Gasteiger partial charge on any atom is 0.276 e. The number of carbonyl (C=O) groups excluding carboxylic acids is 2. The first-order valence-corrected chi connectivity index (χ1v) is 9.05. The minimum atomic E-state index is -0.388. The number of amides is 1. The zero-order chi connectivity index (χ0) is 20.1. The van der Waals surface area contributed by atoms with E-state index in [1.165, 1.54) is 12.5 Å². The van der Waals surface area contributed by atoms with Gasteiger partial charge in [-0.25, -0.2) is 0 Å². The maximum absolute atomic E-state index is 12.3. The predicted molar refractivity (Wildman–Crippen MR) is 110 cm³/mol. The van der Waals surface area contributed by atoms with Crippen LogP contribution in [0.4, 0.5) is 17.2 Å². The molecular formula is C22H22N4O2. The Morgan fingerprint density at radius 1 is 0.893 bits per heavy atom. The number of nitrogens with one attached hydrogen (secondary N) is 2. The van der Waals surface area contributed by atoms with Crippen LogP contribution in [-0.2, 0) is 0 Å². The molecule has 6 heteroatoms. The highest BCUT2D eigenvalue weighted by molar-refractivity contribution is 6.03. The van der Waals surface area contributed by atoms with E-state index in [4.69, 9.17) is 0 Å². The van der Waals surface area contributed by atoms with E-state index in [1.807, 2.05) is 12.1 Å². The lowest BCUT2D eigenvalue weighted by Gasteiger charge is -2.09. The van der Waals surface area contributed by atoms with Crippen LogP contribution in [0.2, 0.25) is 0 Å². The molecule has 3 aromatic rings. The number of rotatable bonds is 6. The van der Waals surface area contributed by atoms with Crippen molar-refractivity contribution in [2.75, 3.05) is 10.6 Å². The number of aromatic nitrogens is 2. The number of hydrogen-bond donors (Lipinski definition) is 2. The lowest BCUT2D eigenvalue weighted by molar-refractivity contribution is 0.100. The molecule has 0 spiro atoms. The Morgan fingerprint density at radius 2 is 1.64 bits per heavy atom. The van der Waals surface area contributed by atoms with Gasteiger partial charge in [0.25, 0.3) is 5.91 Å². The van der Waals surface area contributed by atoms with Crippen molar-refractivity contribution in [3.8, 4) is 0 Å². The Morgan fingerprint density at radius 3 is 2.25 bits per heavy atom. The normalized spacial score (nSPS) is 10.6. The van der Waals surface area contributed by atoms with Gasteiger partial charge < -0.3 is 10.6 Å². The highest BCUT2D eigenvalue weighted by Gasteiger charge is 2.10. The molecule has 6 nitrogen and oxygen atoms in total. The summed E-state index contributed by atoms with van der Waals surface area (Å²) >= 11 is 0. The molecule has 3 rings (SSSR count). The molecule has 0 fully saturated rings. The van der Waals surface area contributed by atoms with Crippen molar-refractivity contribution in [1.82, 2.24) is 10.2 Å². The quantitative estimate of drug-likeness (QED) is 0.606. The van der Waals surface area contributed by atoms with E-state index in [9.17, 15) is 9.59 Å². The number of Topliss-reactive ketones (excluding diaryl/α,β-unsaturated/α-hetero) is 1. The van der Waals surface area contributed by atoms with E-state index in [1.54, 1.807) is 36.4 Å². The minimum absolute atomic E-state index is 0.0623. The van der Waals surface area contributed by atoms with E-state index in [0.717, 1.165) is 5.69 Å². The monoisotopic (exact) mass is 374 g/mol. The van der Waals surface area contributed by atoms with Crippen LogP contribution >= 0.6 is 0 Å². The van der Waals surface area contributed by atoms with Gasteiger partial charge in [-0.05, 0) is 54.8 Å². The van der Waals surface area contributed by atoms with Crippen LogP contribution < -0.4 is 10.6 Å². The van der Waals surface area contributed by atoms with E-state index >= 15 is 0 Å². The summed E-state index contributed by atoms with van der Waals surface area (Å²) in [6.45, 7) is 5.77. The molecule has 1 aromatic heterocycles. The first-order valence-electron chi connectivity index (χ1n) is 9.05. The second-order valence-corrected chi connectivity index (χ2v) is 6.80. The molecule has 0 saturated carbocycles. The van der Waals surface area contributed by atoms with Crippen LogP contribution in [0.5, 0.6) is 0 Å². The Balaban J connectivity index is 1.65. The number of benzene rings is 2. The van der Waals surface area contributed by atoms with Crippen LogP contribution in [-0.4, -0.2) is 21.9 Å². The van der Waals surface area contributed by atoms with Crippen molar-refractivity contribution >= 4 is 28.9 Å². The summed E-state index contributed by atoms with van der Waals surface area (Å²) in [5.74, 6) is 0.573. The summed E-state index contributed by atoms with van der Waals surface area (Å²) in [6, 6.07) is 18.2. The smallest absolute Gasteiger partial charge is 0.276 e. The average molecular weight is 374 g/mol. The first-order chi connectivity index (χ1) is 13.4. The average Bonchev–Trinajstić information content (AvgIpc) is 2.69. The van der Waals surface area contributed by atoms with Gasteiger partial charge in [0, 0.05) is 16.9 Å². The van der Waals surface area contributed by atoms with Gasteiger partial charge in [0.2, 0.25) is 0 Å². The Labute approximate surface area is 164 Å². The van der Waals surface area contributed by atoms with E-state index in [2.05, 4.69) is 46.8 Å². The van der Waals surface area contributed by atoms with Crippen LogP contribution in [0.15, 0.2) is 60.7 Å². The molecule has 1 amide bonds. The molecule has 0 radical (unpaired) electrons. The number of anilines is 3. The van der Waals surface area contributed by atoms with Gasteiger partial charge in [-0.15, -0.1) is 10.2 Å². The van der Waals surface area contributed by atoms with Crippen molar-refractivity contribution in [2.45, 2.75) is 26.7 Å². The van der Waals surface area contributed by atoms with Crippen LogP contribution in [0.3, 0.4) is 0 Å². The largest absolute Gasteiger partial charge is 0.339 e. The van der Waals surface area contributed by atoms with Crippen molar-refractivity contribution in [2.24, 2.45) is 0 Å². The summed E-state index contributed by atoms with van der Waals surface area (Å²) < 4.78 is 0. The van der Waals surface area contributed by atoms with E-state index in [-0.39, 0.29) is 17.4 Å². The molecular weight excluding hydrogens is 352 g/mol. The molecule has 0 bridgehead atoms. The number of carbonyl (C=O) groups is 2. The molecule has 2 aromatic carbocycles. The lowest BCUT2D eigenvalue weighted by Crippen LogP contribution is -2.15. The van der Waals surface area contributed by atoms with Gasteiger partial charge in [-0.1, -0.05) is 38.1 Å². The highest BCUT2D eigenvalue weighted by Crippen LogP contribution is 2.19. The van der Waals surface area contributed by atoms with Gasteiger partial charge in [0.05, 0.1) is 0 Å². The van der Waals surface area contributed by atoms with Crippen molar-refractivity contribution in [1.29, 1.82) is 0 Å². The van der Waals surface area contributed by atoms with Gasteiger partial charge in [-0.3, -0.25) is 9.59 Å². The predicted octanol–water partition coefficient (Wildman–Crippen LogP) is 4.80. The SMILES string of the molecule is CC(=O)c1cccc(NC(=O)c2ccc(Nc3ccc(C(C)C)cc3)nn2)c1. The molecule has 142 valence electrons. The van der Waals surface area contributed by atoms with E-state index < -0.39 is 0 Å². The third-order valence-electron chi connectivity index (χ3n) is 4.27. The van der Waals surface area contributed by atoms with Gasteiger partial charge >= 0.3 is 0 Å². The van der Waals surface area contributed by atoms with Crippen molar-refractivity contribution in [3.05, 3.63) is 77.5 Å². The number of hydrogen-bond acceptors (Lipinski definition) is 5. The molecule has 1 heterocycles. The van der Waals surface area contributed by atoms with Crippen LogP contribution in [0.1, 0.15) is 53.1 Å². The van der Waals surface area contributed by atoms with Crippen LogP contribution in [0.25, 0.3) is 0 Å². The fourth-order valence-electron chi connectivity index (χ4n) is 2.63. The third kappa shape index (κ3) is 4.79. The van der Waals surface area contributed by atoms with Gasteiger partial charge in [0.15, 0.2) is 17.3 Å². The highest BCUT2D eigenvalue weighted by atomic mass is 16.2. The van der Waals surface area contributed by atoms with E-state index in [0.29, 0.717) is 23.0 Å². The Kier molecular flexibility index (Phi) is 5.79. The molecule has 28 heavy (non-hydrogen) atoms. The minimum Gasteiger partial charge on any atom is -0.339 e. The molecule has 0 atom stereocenters. The van der Waals surface area contributed by atoms with Crippen molar-refractivity contribution < 1.29 is 9.59 Å². The summed E-state index contributed by atoms with van der Waals surface area (Å²) in [5.41, 5.74) is 3.42. The summed E-state index contributed by atoms with van der Waals surface area (Å²) in [7, 11) is 0. The fourth-order valence-corrected chi connectivity index (χ4v) is 2.63. The van der Waals surface area contributed by atoms with Crippen LogP contribution in [0, 0.1) is 0 Å². The topological polar surface area (TPSA) is 84.0 Å². The Hall–Kier alpha value is -3.54. The second-order valence-electron chi connectivity index (χ2n) is 6.80. The Bertz CT molecular complexity index is 980. The summed E-state index contributed by atoms with van der Waals surface area (Å²) in [6.07, 6.45) is 0. The third-order valence-corrected chi connectivity index (χ3v) is 4.27. The van der Waals surface area contributed by atoms with Gasteiger partial charge in [-0.2, -0.15) is 0 Å². The first kappa shape index (κ1) is 19.2.